The van der Waals surface area contributed by atoms with Crippen molar-refractivity contribution in [1.29, 1.82) is 0 Å². The Kier molecular flexibility index (Phi) is 5.19. The minimum atomic E-state index is -0.580. The molecule has 5 nitrogen and oxygen atoms in total. The Morgan fingerprint density at radius 2 is 1.90 bits per heavy atom. The molecule has 0 radical (unpaired) electrons. The van der Waals surface area contributed by atoms with Gasteiger partial charge >= 0.3 is 11.3 Å². The van der Waals surface area contributed by atoms with E-state index in [1.165, 1.54) is 5.01 Å². The van der Waals surface area contributed by atoms with Gasteiger partial charge in [0.1, 0.15) is 5.60 Å². The number of ether oxygens (including phenoxy) is 1. The highest BCUT2D eigenvalue weighted by atomic mass is 35.5. The zero-order chi connectivity index (χ0) is 20.8. The van der Waals surface area contributed by atoms with Crippen LogP contribution in [0.4, 0.5) is 4.79 Å². The van der Waals surface area contributed by atoms with Crippen molar-refractivity contribution in [2.45, 2.75) is 37.3 Å². The van der Waals surface area contributed by atoms with E-state index in [0.29, 0.717) is 11.3 Å². The molecule has 2 aliphatic rings. The highest BCUT2D eigenvalue weighted by molar-refractivity contribution is 7.99. The molecule has 7 heteroatoms. The Hall–Kier alpha value is -2.28. The number of hydrogen-bond acceptors (Lipinski definition) is 5. The normalized spacial score (nSPS) is 18.3. The Bertz CT molecular complexity index is 1010. The number of rotatable bonds is 2. The summed E-state index contributed by atoms with van der Waals surface area (Å²) in [4.78, 5) is 25.7. The highest BCUT2D eigenvalue weighted by Crippen LogP contribution is 2.48. The van der Waals surface area contributed by atoms with E-state index in [0.717, 1.165) is 27.3 Å². The molecule has 150 valence electrons. The third-order valence-electron chi connectivity index (χ3n) is 4.71. The molecule has 4 rings (SSSR count). The molecular formula is C22H21ClN2O3S. The summed E-state index contributed by atoms with van der Waals surface area (Å²) in [6, 6.07) is 15.2. The van der Waals surface area contributed by atoms with Crippen LogP contribution in [0.2, 0.25) is 0 Å². The lowest BCUT2D eigenvalue weighted by Crippen LogP contribution is -2.36. The number of hydrazine groups is 1. The van der Waals surface area contributed by atoms with E-state index in [9.17, 15) is 9.59 Å². The maximum absolute atomic E-state index is 12.6. The summed E-state index contributed by atoms with van der Waals surface area (Å²) in [5, 5.41) is 0.827. The van der Waals surface area contributed by atoms with Gasteiger partial charge in [-0.2, -0.15) is 0 Å². The standard InChI is InChI=1S/C22H21ClN2O3S/c1-22(2,3)28-20(26)14-9-10-17-15(11-14)18-16(12-29-17)25(21(23)27)24-19(18)13-7-5-4-6-8-13/h4-11,19,24H,12H2,1-3H3. The van der Waals surface area contributed by atoms with Gasteiger partial charge in [-0.3, -0.25) is 4.79 Å². The molecule has 1 atom stereocenters. The van der Waals surface area contributed by atoms with Crippen molar-refractivity contribution < 1.29 is 14.3 Å². The Labute approximate surface area is 179 Å². The summed E-state index contributed by atoms with van der Waals surface area (Å²) in [5.41, 5.74) is 6.85. The van der Waals surface area contributed by atoms with Crippen LogP contribution in [0.5, 0.6) is 0 Å². The first kappa shape index (κ1) is 20.0. The lowest BCUT2D eigenvalue weighted by Gasteiger charge is -2.23. The lowest BCUT2D eigenvalue weighted by molar-refractivity contribution is 0.00693. The molecule has 0 bridgehead atoms. The molecule has 0 aliphatic carbocycles. The maximum atomic E-state index is 12.6. The molecular weight excluding hydrogens is 408 g/mol. The Balaban J connectivity index is 1.81. The quantitative estimate of drug-likeness (QED) is 0.395. The van der Waals surface area contributed by atoms with Crippen molar-refractivity contribution in [3.05, 3.63) is 70.9 Å². The summed E-state index contributed by atoms with van der Waals surface area (Å²) >= 11 is 7.46. The molecule has 2 aromatic rings. The molecule has 1 unspecified atom stereocenters. The van der Waals surface area contributed by atoms with Crippen LogP contribution in [0.15, 0.2) is 59.1 Å². The van der Waals surface area contributed by atoms with Crippen LogP contribution in [0, 0.1) is 0 Å². The highest BCUT2D eigenvalue weighted by Gasteiger charge is 2.39. The van der Waals surface area contributed by atoms with Gasteiger partial charge in [0.2, 0.25) is 0 Å². The Morgan fingerprint density at radius 1 is 1.17 bits per heavy atom. The van der Waals surface area contributed by atoms with Gasteiger partial charge in [0.25, 0.3) is 0 Å². The number of nitrogens with zero attached hydrogens (tertiary/aromatic N) is 1. The number of esters is 1. The number of amides is 1. The van der Waals surface area contributed by atoms with Gasteiger partial charge in [-0.05, 0) is 61.7 Å². The second kappa shape index (κ2) is 7.52. The summed E-state index contributed by atoms with van der Waals surface area (Å²) < 4.78 is 5.53. The molecule has 1 amide bonds. The number of benzene rings is 2. The monoisotopic (exact) mass is 428 g/mol. The first-order valence-electron chi connectivity index (χ1n) is 9.29. The SMILES string of the molecule is CC(C)(C)OC(=O)c1ccc2c(c1)C1=C(CS2)N(C(=O)Cl)NC1c1ccccc1. The number of carbonyl (C=O) groups is 2. The van der Waals surface area contributed by atoms with E-state index < -0.39 is 11.0 Å². The fourth-order valence-corrected chi connectivity index (χ4v) is 4.75. The van der Waals surface area contributed by atoms with Gasteiger partial charge in [0, 0.05) is 16.2 Å². The van der Waals surface area contributed by atoms with Crippen LogP contribution in [-0.2, 0) is 4.74 Å². The van der Waals surface area contributed by atoms with Crippen LogP contribution >= 0.6 is 23.4 Å². The molecule has 2 heterocycles. The first-order chi connectivity index (χ1) is 13.7. The predicted molar refractivity (Wildman–Crippen MR) is 115 cm³/mol. The van der Waals surface area contributed by atoms with E-state index in [2.05, 4.69) is 5.43 Å². The largest absolute Gasteiger partial charge is 0.456 e. The minimum Gasteiger partial charge on any atom is -0.456 e. The lowest BCUT2D eigenvalue weighted by atomic mass is 9.91. The smallest absolute Gasteiger partial charge is 0.338 e. The molecule has 29 heavy (non-hydrogen) atoms. The van der Waals surface area contributed by atoms with E-state index in [1.54, 1.807) is 17.8 Å². The maximum Gasteiger partial charge on any atom is 0.338 e. The molecule has 0 fully saturated rings. The molecule has 0 aromatic heterocycles. The van der Waals surface area contributed by atoms with Crippen molar-refractivity contribution >= 4 is 40.3 Å². The fourth-order valence-electron chi connectivity index (χ4n) is 3.53. The van der Waals surface area contributed by atoms with E-state index in [1.807, 2.05) is 63.2 Å². The number of thioether (sulfide) groups is 1. The van der Waals surface area contributed by atoms with E-state index in [4.69, 9.17) is 16.3 Å². The second-order valence-corrected chi connectivity index (χ2v) is 9.26. The van der Waals surface area contributed by atoms with Gasteiger partial charge in [-0.25, -0.2) is 15.2 Å². The van der Waals surface area contributed by atoms with Crippen LogP contribution in [-0.4, -0.2) is 27.7 Å². The number of halogens is 1. The number of fused-ring (bicyclic) bond motifs is 2. The number of nitrogens with one attached hydrogen (secondary N) is 1. The molecule has 0 saturated heterocycles. The van der Waals surface area contributed by atoms with Crippen LogP contribution in [0.25, 0.3) is 5.57 Å². The molecule has 0 spiro atoms. The van der Waals surface area contributed by atoms with Crippen molar-refractivity contribution in [3.63, 3.8) is 0 Å². The number of carbonyl (C=O) groups excluding carboxylic acids is 2. The van der Waals surface area contributed by atoms with Gasteiger partial charge in [0.15, 0.2) is 0 Å². The van der Waals surface area contributed by atoms with Crippen molar-refractivity contribution in [1.82, 2.24) is 10.4 Å². The average molecular weight is 429 g/mol. The van der Waals surface area contributed by atoms with Gasteiger partial charge in [-0.15, -0.1) is 11.8 Å². The summed E-state index contributed by atoms with van der Waals surface area (Å²) in [7, 11) is 0. The third-order valence-corrected chi connectivity index (χ3v) is 5.96. The Morgan fingerprint density at radius 3 is 2.55 bits per heavy atom. The van der Waals surface area contributed by atoms with Crippen molar-refractivity contribution in [2.24, 2.45) is 0 Å². The summed E-state index contributed by atoms with van der Waals surface area (Å²) in [6.07, 6.45) is 0. The first-order valence-corrected chi connectivity index (χ1v) is 10.7. The topological polar surface area (TPSA) is 58.6 Å². The summed E-state index contributed by atoms with van der Waals surface area (Å²) in [5.74, 6) is 0.244. The van der Waals surface area contributed by atoms with Crippen LogP contribution in [0.3, 0.4) is 0 Å². The minimum absolute atomic E-state index is 0.234. The van der Waals surface area contributed by atoms with Gasteiger partial charge in [0.05, 0.1) is 17.3 Å². The molecule has 2 aromatic carbocycles. The summed E-state index contributed by atoms with van der Waals surface area (Å²) in [6.45, 7) is 5.53. The predicted octanol–water partition coefficient (Wildman–Crippen LogP) is 5.38. The molecule has 0 saturated carbocycles. The number of hydrogen-bond donors (Lipinski definition) is 1. The average Bonchev–Trinajstić information content (AvgIpc) is 3.07. The van der Waals surface area contributed by atoms with E-state index >= 15 is 0 Å². The zero-order valence-electron chi connectivity index (χ0n) is 16.4. The van der Waals surface area contributed by atoms with Gasteiger partial charge < -0.3 is 4.74 Å². The van der Waals surface area contributed by atoms with Crippen molar-refractivity contribution in [2.75, 3.05) is 5.75 Å². The second-order valence-electron chi connectivity index (χ2n) is 7.92. The third kappa shape index (κ3) is 3.92. The van der Waals surface area contributed by atoms with Gasteiger partial charge in [-0.1, -0.05) is 30.3 Å². The zero-order valence-corrected chi connectivity index (χ0v) is 17.9. The molecule has 1 N–H and O–H groups in total. The van der Waals surface area contributed by atoms with Crippen LogP contribution in [0.1, 0.15) is 48.3 Å². The van der Waals surface area contributed by atoms with Crippen LogP contribution < -0.4 is 5.43 Å². The fraction of sp³-hybridized carbons (Fsp3) is 0.273. The van der Waals surface area contributed by atoms with E-state index in [-0.39, 0.29) is 12.0 Å². The van der Waals surface area contributed by atoms with Crippen molar-refractivity contribution in [3.8, 4) is 0 Å². The molecule has 2 aliphatic heterocycles.